The minimum atomic E-state index is -0.209. The molecule has 3 aromatic rings. The van der Waals surface area contributed by atoms with Crippen molar-refractivity contribution in [3.8, 4) is 5.69 Å². The number of carbonyl (C=O) groups excluding carboxylic acids is 1. The van der Waals surface area contributed by atoms with Crippen LogP contribution in [0.1, 0.15) is 24.0 Å². The second kappa shape index (κ2) is 9.35. The number of piperidine rings is 1. The van der Waals surface area contributed by atoms with E-state index in [1.165, 1.54) is 10.7 Å². The number of anilines is 1. The van der Waals surface area contributed by atoms with Crippen LogP contribution in [0.2, 0.25) is 5.02 Å². The maximum Gasteiger partial charge on any atom is 0.271 e. The number of rotatable bonds is 5. The maximum atomic E-state index is 12.6. The molecule has 7 heteroatoms. The van der Waals surface area contributed by atoms with E-state index in [9.17, 15) is 9.59 Å². The minimum absolute atomic E-state index is 0.0122. The number of hydrogen-bond donors (Lipinski definition) is 1. The van der Waals surface area contributed by atoms with Gasteiger partial charge in [0.05, 0.1) is 5.69 Å². The molecule has 1 aliphatic heterocycles. The molecule has 4 rings (SSSR count). The topological polar surface area (TPSA) is 67.2 Å². The highest BCUT2D eigenvalue weighted by atomic mass is 35.5. The Kier molecular flexibility index (Phi) is 6.37. The second-order valence-electron chi connectivity index (χ2n) is 7.84. The molecule has 1 saturated heterocycles. The SMILES string of the molecule is Cc1ccc(-n2nc(N3CCC(C(=O)NCc4ccccc4)CC3)ccc2=O)cc1Cl. The quantitative estimate of drug-likeness (QED) is 0.661. The van der Waals surface area contributed by atoms with E-state index < -0.39 is 0 Å². The molecule has 6 nitrogen and oxygen atoms in total. The normalized spacial score (nSPS) is 14.5. The number of nitrogens with one attached hydrogen (secondary N) is 1. The van der Waals surface area contributed by atoms with Gasteiger partial charge in [0.25, 0.3) is 5.56 Å². The monoisotopic (exact) mass is 436 g/mol. The Labute approximate surface area is 186 Å². The van der Waals surface area contributed by atoms with Crippen molar-refractivity contribution in [2.75, 3.05) is 18.0 Å². The Bertz CT molecular complexity index is 1120. The van der Waals surface area contributed by atoms with Crippen LogP contribution in [0.4, 0.5) is 5.82 Å². The third-order valence-corrected chi connectivity index (χ3v) is 6.09. The summed E-state index contributed by atoms with van der Waals surface area (Å²) in [7, 11) is 0. The summed E-state index contributed by atoms with van der Waals surface area (Å²) in [6.07, 6.45) is 1.50. The first-order valence-corrected chi connectivity index (χ1v) is 10.8. The van der Waals surface area contributed by atoms with Crippen LogP contribution in [0.5, 0.6) is 0 Å². The smallest absolute Gasteiger partial charge is 0.271 e. The number of benzene rings is 2. The van der Waals surface area contributed by atoms with Gasteiger partial charge in [0, 0.05) is 36.6 Å². The largest absolute Gasteiger partial charge is 0.355 e. The van der Waals surface area contributed by atoms with Crippen LogP contribution >= 0.6 is 11.6 Å². The molecular weight excluding hydrogens is 412 g/mol. The van der Waals surface area contributed by atoms with Gasteiger partial charge in [-0.25, -0.2) is 0 Å². The zero-order valence-corrected chi connectivity index (χ0v) is 18.2. The Morgan fingerprint density at radius 3 is 2.55 bits per heavy atom. The van der Waals surface area contributed by atoms with Crippen molar-refractivity contribution >= 4 is 23.3 Å². The summed E-state index contributed by atoms with van der Waals surface area (Å²) in [4.78, 5) is 27.0. The highest BCUT2D eigenvalue weighted by Gasteiger charge is 2.25. The standard InChI is InChI=1S/C24H25ClN4O2/c1-17-7-8-20(15-21(17)25)29-23(30)10-9-22(27-29)28-13-11-19(12-14-28)24(31)26-16-18-5-3-2-4-6-18/h2-10,15,19H,11-14,16H2,1H3,(H,26,31). The van der Waals surface area contributed by atoms with Gasteiger partial charge < -0.3 is 10.2 Å². The lowest BCUT2D eigenvalue weighted by Gasteiger charge is -2.32. The van der Waals surface area contributed by atoms with Gasteiger partial charge in [0.1, 0.15) is 5.82 Å². The number of nitrogens with zero attached hydrogens (tertiary/aromatic N) is 3. The van der Waals surface area contributed by atoms with Gasteiger partial charge in [-0.15, -0.1) is 5.10 Å². The number of halogens is 1. The average Bonchev–Trinajstić information content (AvgIpc) is 2.80. The van der Waals surface area contributed by atoms with E-state index >= 15 is 0 Å². The fourth-order valence-electron chi connectivity index (χ4n) is 3.77. The molecule has 0 atom stereocenters. The van der Waals surface area contributed by atoms with Crippen molar-refractivity contribution in [2.45, 2.75) is 26.3 Å². The number of amides is 1. The van der Waals surface area contributed by atoms with E-state index in [4.69, 9.17) is 11.6 Å². The van der Waals surface area contributed by atoms with Gasteiger partial charge in [0.15, 0.2) is 0 Å². The summed E-state index contributed by atoms with van der Waals surface area (Å²) in [5.41, 5.74) is 2.47. The van der Waals surface area contributed by atoms with Crippen LogP contribution in [-0.2, 0) is 11.3 Å². The fraction of sp³-hybridized carbons (Fsp3) is 0.292. The molecule has 31 heavy (non-hydrogen) atoms. The maximum absolute atomic E-state index is 12.6. The molecular formula is C24H25ClN4O2. The molecule has 0 spiro atoms. The highest BCUT2D eigenvalue weighted by molar-refractivity contribution is 6.31. The Hall–Kier alpha value is -3.12. The van der Waals surface area contributed by atoms with E-state index in [1.807, 2.05) is 49.4 Å². The summed E-state index contributed by atoms with van der Waals surface area (Å²) in [6.45, 7) is 3.89. The lowest BCUT2D eigenvalue weighted by atomic mass is 9.96. The zero-order chi connectivity index (χ0) is 21.8. The van der Waals surface area contributed by atoms with Crippen molar-refractivity contribution in [3.05, 3.63) is 87.2 Å². The Morgan fingerprint density at radius 2 is 1.84 bits per heavy atom. The number of hydrogen-bond acceptors (Lipinski definition) is 4. The van der Waals surface area contributed by atoms with Gasteiger partial charge in [-0.1, -0.05) is 48.0 Å². The molecule has 1 N–H and O–H groups in total. The lowest BCUT2D eigenvalue weighted by molar-refractivity contribution is -0.125. The van der Waals surface area contributed by atoms with Crippen LogP contribution in [0.15, 0.2) is 65.5 Å². The minimum Gasteiger partial charge on any atom is -0.355 e. The molecule has 0 unspecified atom stereocenters. The molecule has 1 amide bonds. The highest BCUT2D eigenvalue weighted by Crippen LogP contribution is 2.23. The first-order chi connectivity index (χ1) is 15.0. The van der Waals surface area contributed by atoms with Crippen LogP contribution in [0.25, 0.3) is 5.69 Å². The van der Waals surface area contributed by atoms with E-state index in [1.54, 1.807) is 12.1 Å². The molecule has 1 aromatic heterocycles. The molecule has 0 aliphatic carbocycles. The Balaban J connectivity index is 1.40. The van der Waals surface area contributed by atoms with E-state index in [0.29, 0.717) is 30.3 Å². The molecule has 1 fully saturated rings. The summed E-state index contributed by atoms with van der Waals surface area (Å²) in [5.74, 6) is 0.803. The molecule has 1 aliphatic rings. The van der Waals surface area contributed by atoms with Crippen LogP contribution in [-0.4, -0.2) is 28.8 Å². The Morgan fingerprint density at radius 1 is 1.10 bits per heavy atom. The molecule has 0 radical (unpaired) electrons. The van der Waals surface area contributed by atoms with Crippen molar-refractivity contribution < 1.29 is 4.79 Å². The van der Waals surface area contributed by atoms with Gasteiger partial charge in [-0.05, 0) is 49.1 Å². The number of carbonyl (C=O) groups is 1. The van der Waals surface area contributed by atoms with Crippen molar-refractivity contribution in [1.29, 1.82) is 0 Å². The first kappa shape index (κ1) is 21.1. The third kappa shape index (κ3) is 4.97. The lowest BCUT2D eigenvalue weighted by Crippen LogP contribution is -2.41. The zero-order valence-electron chi connectivity index (χ0n) is 17.4. The predicted octanol–water partition coefficient (Wildman–Crippen LogP) is 3.73. The van der Waals surface area contributed by atoms with E-state index in [-0.39, 0.29) is 17.4 Å². The van der Waals surface area contributed by atoms with Gasteiger partial charge >= 0.3 is 0 Å². The van der Waals surface area contributed by atoms with Crippen molar-refractivity contribution in [1.82, 2.24) is 15.1 Å². The summed E-state index contributed by atoms with van der Waals surface area (Å²) >= 11 is 6.22. The average molecular weight is 437 g/mol. The van der Waals surface area contributed by atoms with E-state index in [0.717, 1.165) is 29.8 Å². The summed E-state index contributed by atoms with van der Waals surface area (Å²) in [5, 5.41) is 8.19. The van der Waals surface area contributed by atoms with Crippen molar-refractivity contribution in [2.24, 2.45) is 5.92 Å². The molecule has 2 heterocycles. The summed E-state index contributed by atoms with van der Waals surface area (Å²) in [6, 6.07) is 18.6. The fourth-order valence-corrected chi connectivity index (χ4v) is 3.94. The summed E-state index contributed by atoms with van der Waals surface area (Å²) < 4.78 is 1.37. The molecule has 2 aromatic carbocycles. The third-order valence-electron chi connectivity index (χ3n) is 5.69. The number of aromatic nitrogens is 2. The van der Waals surface area contributed by atoms with Gasteiger partial charge in [-0.3, -0.25) is 9.59 Å². The van der Waals surface area contributed by atoms with Crippen LogP contribution in [0, 0.1) is 12.8 Å². The molecule has 160 valence electrons. The molecule has 0 bridgehead atoms. The molecule has 0 saturated carbocycles. The van der Waals surface area contributed by atoms with Gasteiger partial charge in [0.2, 0.25) is 5.91 Å². The van der Waals surface area contributed by atoms with Gasteiger partial charge in [-0.2, -0.15) is 4.68 Å². The predicted molar refractivity (Wildman–Crippen MR) is 123 cm³/mol. The van der Waals surface area contributed by atoms with Crippen molar-refractivity contribution in [3.63, 3.8) is 0 Å². The second-order valence-corrected chi connectivity index (χ2v) is 8.25. The van der Waals surface area contributed by atoms with Crippen LogP contribution in [0.3, 0.4) is 0 Å². The first-order valence-electron chi connectivity index (χ1n) is 10.4. The van der Waals surface area contributed by atoms with E-state index in [2.05, 4.69) is 15.3 Å². The number of aryl methyl sites for hydroxylation is 1. The van der Waals surface area contributed by atoms with Crippen LogP contribution < -0.4 is 15.8 Å².